The molecule has 0 spiro atoms. The molecule has 3 amide bonds. The van der Waals surface area contributed by atoms with Crippen molar-refractivity contribution in [2.45, 2.75) is 68.8 Å². The molecule has 3 N–H and O–H groups in total. The van der Waals surface area contributed by atoms with Crippen LogP contribution in [-0.2, 0) is 74.7 Å². The highest BCUT2D eigenvalue weighted by Gasteiger charge is 2.42. The molecule has 3 unspecified atom stereocenters. The fourth-order valence-electron chi connectivity index (χ4n) is 4.78. The number of methoxy groups -OCH3 is 1. The molecule has 0 bridgehead atoms. The molecule has 3 rings (SSSR count). The van der Waals surface area contributed by atoms with Gasteiger partial charge in [0.1, 0.15) is 13.6 Å². The van der Waals surface area contributed by atoms with Crippen LogP contribution in [0.25, 0.3) is 0 Å². The fourth-order valence-corrected chi connectivity index (χ4v) is 6.33. The van der Waals surface area contributed by atoms with Crippen molar-refractivity contribution in [2.75, 3.05) is 93.8 Å². The molecule has 3 atom stereocenters. The average molecular weight is 753 g/mol. The topological polar surface area (TPSA) is 220 Å². The van der Waals surface area contributed by atoms with Gasteiger partial charge in [0.05, 0.1) is 44.6 Å². The zero-order chi connectivity index (χ0) is 36.2. The van der Waals surface area contributed by atoms with E-state index >= 15 is 0 Å². The predicted molar refractivity (Wildman–Crippen MR) is 176 cm³/mol. The second-order valence-corrected chi connectivity index (χ2v) is 12.4. The number of urea groups is 1. The van der Waals surface area contributed by atoms with E-state index in [1.807, 2.05) is 18.0 Å². The third kappa shape index (κ3) is 20.2. The van der Waals surface area contributed by atoms with E-state index in [1.165, 1.54) is 7.11 Å². The Balaban J connectivity index is 0.941. The van der Waals surface area contributed by atoms with E-state index in [0.29, 0.717) is 57.2 Å². The summed E-state index contributed by atoms with van der Waals surface area (Å²) < 4.78 is 58.0. The van der Waals surface area contributed by atoms with Crippen molar-refractivity contribution in [3.8, 4) is 0 Å². The lowest BCUT2D eigenvalue weighted by Crippen LogP contribution is -2.36. The van der Waals surface area contributed by atoms with Crippen molar-refractivity contribution in [2.24, 2.45) is 0 Å². The molecule has 2 saturated heterocycles. The number of amides is 3. The van der Waals surface area contributed by atoms with E-state index in [0.717, 1.165) is 30.7 Å². The van der Waals surface area contributed by atoms with Crippen LogP contribution in [0.15, 0.2) is 6.20 Å². The van der Waals surface area contributed by atoms with Crippen LogP contribution in [0.2, 0.25) is 0 Å². The molecule has 0 aromatic carbocycles. The van der Waals surface area contributed by atoms with E-state index < -0.39 is 0 Å². The number of rotatable bonds is 33. The summed E-state index contributed by atoms with van der Waals surface area (Å²) in [5, 5.41) is 17.2. The van der Waals surface area contributed by atoms with E-state index in [2.05, 4.69) is 31.0 Å². The van der Waals surface area contributed by atoms with Gasteiger partial charge < -0.3 is 68.1 Å². The maximum absolute atomic E-state index is 12.0. The number of ether oxygens (including phenoxy) is 11. The van der Waals surface area contributed by atoms with Gasteiger partial charge in [-0.1, -0.05) is 11.6 Å². The van der Waals surface area contributed by atoms with E-state index in [1.54, 1.807) is 4.68 Å². The number of fused-ring (bicyclic) bond motifs is 1. The molecule has 3 heterocycles. The first-order valence-electron chi connectivity index (χ1n) is 16.7. The van der Waals surface area contributed by atoms with Gasteiger partial charge >= 0.3 is 12.0 Å². The minimum Gasteiger partial charge on any atom is -0.469 e. The molecular formula is C30H52N6O14S. The highest BCUT2D eigenvalue weighted by atomic mass is 32.2. The van der Waals surface area contributed by atoms with Crippen LogP contribution in [-0.4, -0.2) is 144 Å². The lowest BCUT2D eigenvalue weighted by atomic mass is 10.0. The van der Waals surface area contributed by atoms with Crippen LogP contribution >= 0.6 is 11.8 Å². The molecule has 2 fully saturated rings. The Morgan fingerprint density at radius 2 is 1.43 bits per heavy atom. The number of nitrogens with zero attached hydrogens (tertiary/aromatic N) is 3. The smallest absolute Gasteiger partial charge is 0.315 e. The maximum Gasteiger partial charge on any atom is 0.315 e. The van der Waals surface area contributed by atoms with Crippen molar-refractivity contribution >= 4 is 29.7 Å². The van der Waals surface area contributed by atoms with E-state index in [4.69, 9.17) is 47.4 Å². The fraction of sp³-hybridized carbons (Fsp3) is 0.833. The molecule has 51 heavy (non-hydrogen) atoms. The van der Waals surface area contributed by atoms with Crippen molar-refractivity contribution < 1.29 is 66.5 Å². The number of unbranched alkanes of at least 4 members (excludes halogenated alkanes) is 1. The highest BCUT2D eigenvalue weighted by molar-refractivity contribution is 8.00. The normalized spacial score (nSPS) is 18.1. The average Bonchev–Trinajstić information content (AvgIpc) is 3.84. The second kappa shape index (κ2) is 27.9. The lowest BCUT2D eigenvalue weighted by molar-refractivity contribution is -0.229. The number of aryl methyl sites for hydroxylation is 1. The monoisotopic (exact) mass is 752 g/mol. The zero-order valence-electron chi connectivity index (χ0n) is 29.1. The number of carbonyl (C=O) groups excluding carboxylic acids is 3. The third-order valence-corrected chi connectivity index (χ3v) is 8.75. The summed E-state index contributed by atoms with van der Waals surface area (Å²) in [4.78, 5) is 34.6. The minimum atomic E-state index is -0.240. The first-order valence-corrected chi connectivity index (χ1v) is 17.8. The van der Waals surface area contributed by atoms with Crippen molar-refractivity contribution in [1.82, 2.24) is 30.9 Å². The van der Waals surface area contributed by atoms with E-state index in [9.17, 15) is 14.4 Å². The van der Waals surface area contributed by atoms with Gasteiger partial charge in [-0.3, -0.25) is 9.59 Å². The quantitative estimate of drug-likeness (QED) is 0.0383. The Bertz CT molecular complexity index is 1090. The van der Waals surface area contributed by atoms with Gasteiger partial charge in [-0.15, -0.1) is 5.10 Å². The molecule has 2 aliphatic heterocycles. The largest absolute Gasteiger partial charge is 0.469 e. The van der Waals surface area contributed by atoms with Gasteiger partial charge in [0.2, 0.25) is 5.91 Å². The summed E-state index contributed by atoms with van der Waals surface area (Å²) in [6.45, 7) is 1.39. The van der Waals surface area contributed by atoms with Crippen LogP contribution in [0, 0.1) is 0 Å². The van der Waals surface area contributed by atoms with Gasteiger partial charge in [0, 0.05) is 36.6 Å². The SMILES string of the molecule is COC(=O)CCCc1cn(CCOCOCOCOCOCOCOCOCOCOCCNC(=O)CCCCC2SCC3NC(=O)NC32)nn1. The predicted octanol–water partition coefficient (Wildman–Crippen LogP) is 0.399. The van der Waals surface area contributed by atoms with Crippen LogP contribution in [0.4, 0.5) is 4.79 Å². The maximum atomic E-state index is 12.0. The van der Waals surface area contributed by atoms with Gasteiger partial charge in [-0.05, 0) is 25.7 Å². The van der Waals surface area contributed by atoms with Crippen LogP contribution in [0.3, 0.4) is 0 Å². The van der Waals surface area contributed by atoms with E-state index in [-0.39, 0.29) is 91.1 Å². The number of thioether (sulfide) groups is 1. The number of hydrogen-bond donors (Lipinski definition) is 3. The molecule has 2 aliphatic rings. The summed E-state index contributed by atoms with van der Waals surface area (Å²) in [5.41, 5.74) is 0.802. The van der Waals surface area contributed by atoms with Crippen molar-refractivity contribution in [3.05, 3.63) is 11.9 Å². The van der Waals surface area contributed by atoms with Crippen molar-refractivity contribution in [1.29, 1.82) is 0 Å². The Morgan fingerprint density at radius 3 is 2.06 bits per heavy atom. The van der Waals surface area contributed by atoms with Gasteiger partial charge in [-0.25, -0.2) is 9.48 Å². The summed E-state index contributed by atoms with van der Waals surface area (Å²) in [5.74, 6) is 0.693. The number of carbonyl (C=O) groups is 3. The molecule has 21 heteroatoms. The number of esters is 1. The molecule has 0 radical (unpaired) electrons. The standard InChI is InChI=1S/C30H52N6O14S/c1-40-28(38)8-4-5-24-13-36(35-34-24)10-12-42-16-44-18-46-20-48-22-50-23-49-21-47-19-45-17-43-15-41-11-9-31-27(37)7-3-2-6-26-29-25(14-51-26)32-30(39)33-29/h13,25-26,29H,2-12,14-23H2,1H3,(H,31,37)(H2,32,33,39). The van der Waals surface area contributed by atoms with Crippen LogP contribution < -0.4 is 16.0 Å². The summed E-state index contributed by atoms with van der Waals surface area (Å²) in [7, 11) is 1.37. The number of aromatic nitrogens is 3. The molecule has 292 valence electrons. The second-order valence-electron chi connectivity index (χ2n) is 11.1. The summed E-state index contributed by atoms with van der Waals surface area (Å²) in [6.07, 6.45) is 6.66. The van der Waals surface area contributed by atoms with Gasteiger partial charge in [0.15, 0.2) is 47.6 Å². The molecule has 0 saturated carbocycles. The first kappa shape index (κ1) is 42.7. The van der Waals surface area contributed by atoms with Crippen LogP contribution in [0.1, 0.15) is 44.2 Å². The zero-order valence-corrected chi connectivity index (χ0v) is 29.9. The Labute approximate surface area is 301 Å². The van der Waals surface area contributed by atoms with Gasteiger partial charge in [0.25, 0.3) is 0 Å². The lowest BCUT2D eigenvalue weighted by Gasteiger charge is -2.16. The minimum absolute atomic E-state index is 0.00894. The third-order valence-electron chi connectivity index (χ3n) is 7.24. The summed E-state index contributed by atoms with van der Waals surface area (Å²) in [6, 6.07) is 0.353. The highest BCUT2D eigenvalue weighted by Crippen LogP contribution is 2.33. The first-order chi connectivity index (χ1) is 25.0. The molecule has 0 aliphatic carbocycles. The van der Waals surface area contributed by atoms with Crippen LogP contribution in [0.5, 0.6) is 0 Å². The molecular weight excluding hydrogens is 700 g/mol. The van der Waals surface area contributed by atoms with Crippen molar-refractivity contribution in [3.63, 3.8) is 0 Å². The molecule has 1 aromatic rings. The number of nitrogens with one attached hydrogen (secondary N) is 3. The van der Waals surface area contributed by atoms with Gasteiger partial charge in [-0.2, -0.15) is 11.8 Å². The Kier molecular flexibility index (Phi) is 23.4. The molecule has 20 nitrogen and oxygen atoms in total. The number of hydrogen-bond acceptors (Lipinski definition) is 17. The Hall–Kier alpha value is -2.70. The Morgan fingerprint density at radius 1 is 0.824 bits per heavy atom. The molecule has 1 aromatic heterocycles. The summed E-state index contributed by atoms with van der Waals surface area (Å²) >= 11 is 1.88.